The van der Waals surface area contributed by atoms with Crippen molar-refractivity contribution in [3.8, 4) is 0 Å². The first-order valence-corrected chi connectivity index (χ1v) is 4.86. The largest absolute Gasteiger partial charge is 0.388 e. The fourth-order valence-corrected chi connectivity index (χ4v) is 2.31. The summed E-state index contributed by atoms with van der Waals surface area (Å²) in [5.41, 5.74) is 2.31. The van der Waals surface area contributed by atoms with Crippen LogP contribution in [0.1, 0.15) is 37.5 Å². The van der Waals surface area contributed by atoms with Gasteiger partial charge in [0.2, 0.25) is 0 Å². The first-order valence-electron chi connectivity index (χ1n) is 4.49. The first-order chi connectivity index (χ1) is 6.00. The van der Waals surface area contributed by atoms with Gasteiger partial charge in [0.15, 0.2) is 0 Å². The van der Waals surface area contributed by atoms with Crippen LogP contribution in [0.2, 0.25) is 5.02 Å². The quantitative estimate of drug-likeness (QED) is 0.676. The fraction of sp³-hybridized carbons (Fsp3) is 0.455. The standard InChI is InChI=1S/C11H13ClO/c1-11(2)6-10(13)8-5-7(12)3-4-9(8)11/h3-5,10,13H,6H2,1-2H3. The van der Waals surface area contributed by atoms with Crippen molar-refractivity contribution in [3.05, 3.63) is 34.3 Å². The topological polar surface area (TPSA) is 20.2 Å². The minimum atomic E-state index is -0.344. The van der Waals surface area contributed by atoms with Crippen molar-refractivity contribution in [2.45, 2.75) is 31.8 Å². The van der Waals surface area contributed by atoms with Crippen molar-refractivity contribution in [1.29, 1.82) is 0 Å². The monoisotopic (exact) mass is 196 g/mol. The second kappa shape index (κ2) is 2.73. The third kappa shape index (κ3) is 1.36. The van der Waals surface area contributed by atoms with E-state index in [1.807, 2.05) is 18.2 Å². The number of aliphatic hydroxyl groups excluding tert-OH is 1. The van der Waals surface area contributed by atoms with Crippen molar-refractivity contribution >= 4 is 11.6 Å². The van der Waals surface area contributed by atoms with Gasteiger partial charge in [0.05, 0.1) is 6.10 Å². The van der Waals surface area contributed by atoms with Crippen molar-refractivity contribution in [2.75, 3.05) is 0 Å². The smallest absolute Gasteiger partial charge is 0.0801 e. The lowest BCUT2D eigenvalue weighted by Gasteiger charge is -2.18. The van der Waals surface area contributed by atoms with Crippen LogP contribution in [-0.2, 0) is 5.41 Å². The van der Waals surface area contributed by atoms with Crippen LogP contribution in [0.5, 0.6) is 0 Å². The molecule has 0 aliphatic heterocycles. The third-order valence-corrected chi connectivity index (χ3v) is 3.04. The number of aliphatic hydroxyl groups is 1. The van der Waals surface area contributed by atoms with Crippen LogP contribution in [0.3, 0.4) is 0 Å². The second-order valence-corrected chi connectivity index (χ2v) is 4.77. The number of benzene rings is 1. The van der Waals surface area contributed by atoms with E-state index in [0.717, 1.165) is 12.0 Å². The van der Waals surface area contributed by atoms with Crippen LogP contribution >= 0.6 is 11.6 Å². The van der Waals surface area contributed by atoms with Crippen molar-refractivity contribution in [1.82, 2.24) is 0 Å². The van der Waals surface area contributed by atoms with E-state index in [4.69, 9.17) is 11.6 Å². The summed E-state index contributed by atoms with van der Waals surface area (Å²) in [5, 5.41) is 10.5. The minimum absolute atomic E-state index is 0.0827. The number of hydrogen-bond acceptors (Lipinski definition) is 1. The molecule has 1 aromatic carbocycles. The molecule has 1 nitrogen and oxygen atoms in total. The summed E-state index contributed by atoms with van der Waals surface area (Å²) in [6.45, 7) is 4.30. The Balaban J connectivity index is 2.59. The molecule has 2 rings (SSSR count). The molecule has 1 N–H and O–H groups in total. The maximum atomic E-state index is 9.78. The van der Waals surface area contributed by atoms with E-state index in [1.165, 1.54) is 5.56 Å². The predicted octanol–water partition coefficient (Wildman–Crippen LogP) is 3.05. The molecule has 0 aromatic heterocycles. The molecule has 0 spiro atoms. The number of rotatable bonds is 0. The highest BCUT2D eigenvalue weighted by Gasteiger charge is 2.35. The maximum absolute atomic E-state index is 9.78. The summed E-state index contributed by atoms with van der Waals surface area (Å²) >= 11 is 5.87. The number of fused-ring (bicyclic) bond motifs is 1. The van der Waals surface area contributed by atoms with E-state index in [2.05, 4.69) is 13.8 Å². The van der Waals surface area contributed by atoms with Gasteiger partial charge in [0, 0.05) is 5.02 Å². The van der Waals surface area contributed by atoms with Gasteiger partial charge in [0.1, 0.15) is 0 Å². The molecule has 70 valence electrons. The van der Waals surface area contributed by atoms with E-state index >= 15 is 0 Å². The Hall–Kier alpha value is -0.530. The van der Waals surface area contributed by atoms with Gasteiger partial charge in [-0.05, 0) is 35.1 Å². The Morgan fingerprint density at radius 2 is 2.15 bits per heavy atom. The lowest BCUT2D eigenvalue weighted by molar-refractivity contribution is 0.161. The van der Waals surface area contributed by atoms with Crippen molar-refractivity contribution in [3.63, 3.8) is 0 Å². The van der Waals surface area contributed by atoms with E-state index in [0.29, 0.717) is 5.02 Å². The van der Waals surface area contributed by atoms with Gasteiger partial charge in [0.25, 0.3) is 0 Å². The van der Waals surface area contributed by atoms with Gasteiger partial charge in [-0.3, -0.25) is 0 Å². The molecule has 0 bridgehead atoms. The zero-order valence-electron chi connectivity index (χ0n) is 7.84. The van der Waals surface area contributed by atoms with Crippen LogP contribution in [0.4, 0.5) is 0 Å². The summed E-state index contributed by atoms with van der Waals surface area (Å²) in [5.74, 6) is 0. The predicted molar refractivity (Wildman–Crippen MR) is 54.1 cm³/mol. The molecule has 1 aromatic rings. The van der Waals surface area contributed by atoms with Crippen LogP contribution in [0.25, 0.3) is 0 Å². The second-order valence-electron chi connectivity index (χ2n) is 4.34. The van der Waals surface area contributed by atoms with E-state index < -0.39 is 0 Å². The lowest BCUT2D eigenvalue weighted by Crippen LogP contribution is -2.11. The highest BCUT2D eigenvalue weighted by Crippen LogP contribution is 2.44. The van der Waals surface area contributed by atoms with E-state index in [1.54, 1.807) is 0 Å². The molecule has 0 fully saturated rings. The Kier molecular flexibility index (Phi) is 1.90. The molecular formula is C11H13ClO. The maximum Gasteiger partial charge on any atom is 0.0801 e. The average molecular weight is 197 g/mol. The van der Waals surface area contributed by atoms with Gasteiger partial charge in [-0.2, -0.15) is 0 Å². The first kappa shape index (κ1) is 9.04. The van der Waals surface area contributed by atoms with E-state index in [-0.39, 0.29) is 11.5 Å². The lowest BCUT2D eigenvalue weighted by atomic mass is 9.87. The molecule has 0 radical (unpaired) electrons. The normalized spacial score (nSPS) is 24.5. The molecule has 1 aliphatic rings. The third-order valence-electron chi connectivity index (χ3n) is 2.81. The zero-order chi connectivity index (χ0) is 9.64. The molecule has 0 heterocycles. The van der Waals surface area contributed by atoms with Gasteiger partial charge < -0.3 is 5.11 Å². The van der Waals surface area contributed by atoms with Crippen LogP contribution < -0.4 is 0 Å². The minimum Gasteiger partial charge on any atom is -0.388 e. The summed E-state index contributed by atoms with van der Waals surface area (Å²) in [4.78, 5) is 0. The van der Waals surface area contributed by atoms with Gasteiger partial charge in [-0.25, -0.2) is 0 Å². The SMILES string of the molecule is CC1(C)CC(O)c2cc(Cl)ccc21. The molecule has 0 amide bonds. The zero-order valence-corrected chi connectivity index (χ0v) is 8.60. The van der Waals surface area contributed by atoms with Gasteiger partial charge >= 0.3 is 0 Å². The van der Waals surface area contributed by atoms with Crippen LogP contribution in [0.15, 0.2) is 18.2 Å². The average Bonchev–Trinajstić information content (AvgIpc) is 2.22. The molecule has 0 saturated heterocycles. The van der Waals surface area contributed by atoms with Gasteiger partial charge in [-0.1, -0.05) is 31.5 Å². The molecule has 0 saturated carbocycles. The highest BCUT2D eigenvalue weighted by atomic mass is 35.5. The Bertz CT molecular complexity index is 344. The molecule has 1 unspecified atom stereocenters. The molecule has 1 aliphatic carbocycles. The highest BCUT2D eigenvalue weighted by molar-refractivity contribution is 6.30. The Morgan fingerprint density at radius 1 is 1.46 bits per heavy atom. The molecule has 1 atom stereocenters. The summed E-state index contributed by atoms with van der Waals surface area (Å²) in [6, 6.07) is 5.78. The van der Waals surface area contributed by atoms with Crippen molar-refractivity contribution in [2.24, 2.45) is 0 Å². The Morgan fingerprint density at radius 3 is 2.85 bits per heavy atom. The summed E-state index contributed by atoms with van der Waals surface area (Å²) < 4.78 is 0. The fourth-order valence-electron chi connectivity index (χ4n) is 2.13. The summed E-state index contributed by atoms with van der Waals surface area (Å²) in [6.07, 6.45) is 0.451. The number of halogens is 1. The summed E-state index contributed by atoms with van der Waals surface area (Å²) in [7, 11) is 0. The van der Waals surface area contributed by atoms with E-state index in [9.17, 15) is 5.11 Å². The molecule has 13 heavy (non-hydrogen) atoms. The molecule has 2 heteroatoms. The van der Waals surface area contributed by atoms with Gasteiger partial charge in [-0.15, -0.1) is 0 Å². The van der Waals surface area contributed by atoms with Crippen molar-refractivity contribution < 1.29 is 5.11 Å². The van der Waals surface area contributed by atoms with Crippen LogP contribution in [-0.4, -0.2) is 5.11 Å². The Labute approximate surface area is 83.3 Å². The van der Waals surface area contributed by atoms with Crippen LogP contribution in [0, 0.1) is 0 Å². The molecular weight excluding hydrogens is 184 g/mol. The number of hydrogen-bond donors (Lipinski definition) is 1.